The Hall–Kier alpha value is -3.33. The first-order valence-corrected chi connectivity index (χ1v) is 10.2. The number of nitrogens with zero attached hydrogens (tertiary/aromatic N) is 4. The van der Waals surface area contributed by atoms with Crippen LogP contribution in [-0.2, 0) is 6.54 Å². The predicted octanol–water partition coefficient (Wildman–Crippen LogP) is 1.84. The van der Waals surface area contributed by atoms with Crippen LogP contribution < -0.4 is 15.8 Å². The summed E-state index contributed by atoms with van der Waals surface area (Å²) in [6, 6.07) is 7.14. The van der Waals surface area contributed by atoms with E-state index in [2.05, 4.69) is 37.0 Å². The summed E-state index contributed by atoms with van der Waals surface area (Å²) in [7, 11) is 1.58. The molecule has 1 fully saturated rings. The number of aromatic nitrogens is 3. The largest absolute Gasteiger partial charge is 0.365 e. The molecule has 0 radical (unpaired) electrons. The Bertz CT molecular complexity index is 1180. The van der Waals surface area contributed by atoms with Crippen molar-refractivity contribution in [2.75, 3.05) is 31.6 Å². The number of hydrogen-bond acceptors (Lipinski definition) is 6. The highest BCUT2D eigenvalue weighted by Crippen LogP contribution is 2.22. The number of aryl methyl sites for hydroxylation is 1. The van der Waals surface area contributed by atoms with Gasteiger partial charge in [0.1, 0.15) is 16.9 Å². The van der Waals surface area contributed by atoms with Crippen molar-refractivity contribution in [3.63, 3.8) is 0 Å². The molecule has 0 saturated carbocycles. The van der Waals surface area contributed by atoms with Crippen molar-refractivity contribution in [1.29, 1.82) is 0 Å². The highest BCUT2D eigenvalue weighted by Gasteiger charge is 2.24. The fraction of sp³-hybridized carbons (Fsp3) is 0.364. The van der Waals surface area contributed by atoms with Crippen LogP contribution >= 0.6 is 0 Å². The molecule has 3 heterocycles. The first-order chi connectivity index (χ1) is 14.9. The summed E-state index contributed by atoms with van der Waals surface area (Å²) in [6.07, 6.45) is 1.72. The molecular formula is C22H25FN6O2. The molecule has 8 nitrogen and oxygen atoms in total. The third-order valence-electron chi connectivity index (χ3n) is 5.64. The summed E-state index contributed by atoms with van der Waals surface area (Å²) in [6.45, 7) is 6.64. The second kappa shape index (κ2) is 8.43. The number of H-pyrrole nitrogens is 1. The Balaban J connectivity index is 1.46. The Labute approximate surface area is 179 Å². The fourth-order valence-corrected chi connectivity index (χ4v) is 4.02. The highest BCUT2D eigenvalue weighted by molar-refractivity contribution is 5.92. The minimum Gasteiger partial charge on any atom is -0.365 e. The number of rotatable bonds is 4. The first kappa shape index (κ1) is 20.9. The summed E-state index contributed by atoms with van der Waals surface area (Å²) in [4.78, 5) is 39.1. The lowest BCUT2D eigenvalue weighted by Crippen LogP contribution is -2.51. The number of nitrogens with one attached hydrogen (secondary N) is 2. The van der Waals surface area contributed by atoms with Gasteiger partial charge in [-0.1, -0.05) is 0 Å². The Morgan fingerprint density at radius 1 is 1.32 bits per heavy atom. The maximum Gasteiger partial charge on any atom is 0.269 e. The molecule has 31 heavy (non-hydrogen) atoms. The Kier molecular flexibility index (Phi) is 5.69. The molecule has 1 saturated heterocycles. The standard InChI is InChI=1S/C22H25FN6O2/c1-13-11-28(6-7-29(13)16-4-5-18(25-10-16)22(31)24-3)12-15-8-17(23)20-19(9-15)27-21(30)14(2)26-20/h4-5,8-10,13H,6-7,11-12H2,1-3H3,(H,24,31)(H,27,30)/t13-/m0/s1. The molecule has 9 heteroatoms. The van der Waals surface area contributed by atoms with E-state index in [0.29, 0.717) is 17.8 Å². The molecular weight excluding hydrogens is 399 g/mol. The second-order valence-corrected chi connectivity index (χ2v) is 7.88. The number of piperazine rings is 1. The van der Waals surface area contributed by atoms with Crippen molar-refractivity contribution in [3.8, 4) is 0 Å². The molecule has 0 spiro atoms. The zero-order valence-electron chi connectivity index (χ0n) is 17.8. The summed E-state index contributed by atoms with van der Waals surface area (Å²) < 4.78 is 14.5. The lowest BCUT2D eigenvalue weighted by molar-refractivity contribution is 0.0958. The van der Waals surface area contributed by atoms with Gasteiger partial charge >= 0.3 is 0 Å². The van der Waals surface area contributed by atoms with Crippen LogP contribution in [0, 0.1) is 12.7 Å². The van der Waals surface area contributed by atoms with Crippen molar-refractivity contribution in [2.45, 2.75) is 26.4 Å². The normalized spacial score (nSPS) is 17.2. The van der Waals surface area contributed by atoms with Gasteiger partial charge in [-0.05, 0) is 43.7 Å². The number of carbonyl (C=O) groups is 1. The quantitative estimate of drug-likeness (QED) is 0.664. The number of amides is 1. The number of hydrogen-bond donors (Lipinski definition) is 2. The maximum absolute atomic E-state index is 14.5. The molecule has 0 unspecified atom stereocenters. The van der Waals surface area contributed by atoms with E-state index in [4.69, 9.17) is 0 Å². The molecule has 1 atom stereocenters. The first-order valence-electron chi connectivity index (χ1n) is 10.2. The lowest BCUT2D eigenvalue weighted by Gasteiger charge is -2.41. The number of aromatic amines is 1. The molecule has 1 aliphatic rings. The fourth-order valence-electron chi connectivity index (χ4n) is 4.02. The summed E-state index contributed by atoms with van der Waals surface area (Å²) in [5, 5.41) is 2.57. The van der Waals surface area contributed by atoms with Crippen molar-refractivity contribution in [1.82, 2.24) is 25.2 Å². The number of anilines is 1. The van der Waals surface area contributed by atoms with E-state index in [1.165, 1.54) is 6.07 Å². The Morgan fingerprint density at radius 2 is 2.13 bits per heavy atom. The number of halogens is 1. The van der Waals surface area contributed by atoms with Gasteiger partial charge in [-0.2, -0.15) is 0 Å². The van der Waals surface area contributed by atoms with Crippen LogP contribution in [0.25, 0.3) is 11.0 Å². The molecule has 1 aliphatic heterocycles. The van der Waals surface area contributed by atoms with Crippen molar-refractivity contribution in [2.24, 2.45) is 0 Å². The third-order valence-corrected chi connectivity index (χ3v) is 5.64. The van der Waals surface area contributed by atoms with E-state index < -0.39 is 5.82 Å². The molecule has 0 bridgehead atoms. The van der Waals surface area contributed by atoms with Crippen LogP contribution in [0.15, 0.2) is 35.3 Å². The van der Waals surface area contributed by atoms with Crippen molar-refractivity contribution >= 4 is 22.6 Å². The third kappa shape index (κ3) is 4.27. The van der Waals surface area contributed by atoms with Gasteiger partial charge in [0.05, 0.1) is 17.4 Å². The van der Waals surface area contributed by atoms with Crippen LogP contribution in [-0.4, -0.2) is 58.5 Å². The second-order valence-electron chi connectivity index (χ2n) is 7.88. The van der Waals surface area contributed by atoms with Crippen LogP contribution in [0.4, 0.5) is 10.1 Å². The van der Waals surface area contributed by atoms with Crippen LogP contribution in [0.1, 0.15) is 28.7 Å². The van der Waals surface area contributed by atoms with Gasteiger partial charge in [0.15, 0.2) is 5.82 Å². The minimum atomic E-state index is -0.430. The molecule has 4 rings (SSSR count). The zero-order chi connectivity index (χ0) is 22.1. The smallest absolute Gasteiger partial charge is 0.269 e. The van der Waals surface area contributed by atoms with Crippen molar-refractivity contribution in [3.05, 3.63) is 63.6 Å². The monoisotopic (exact) mass is 424 g/mol. The predicted molar refractivity (Wildman–Crippen MR) is 117 cm³/mol. The number of fused-ring (bicyclic) bond motifs is 1. The summed E-state index contributed by atoms with van der Waals surface area (Å²) >= 11 is 0. The molecule has 2 N–H and O–H groups in total. The maximum atomic E-state index is 14.5. The van der Waals surface area contributed by atoms with Crippen LogP contribution in [0.5, 0.6) is 0 Å². The molecule has 2 aromatic heterocycles. The SMILES string of the molecule is CNC(=O)c1ccc(N2CCN(Cc3cc(F)c4nc(C)c(=O)[nH]c4c3)C[C@@H]2C)cn1. The summed E-state index contributed by atoms with van der Waals surface area (Å²) in [5.74, 6) is -0.639. The van der Waals surface area contributed by atoms with E-state index in [0.717, 1.165) is 30.9 Å². The van der Waals surface area contributed by atoms with E-state index in [1.54, 1.807) is 32.3 Å². The lowest BCUT2D eigenvalue weighted by atomic mass is 10.1. The average Bonchev–Trinajstić information content (AvgIpc) is 2.75. The Morgan fingerprint density at radius 3 is 2.81 bits per heavy atom. The van der Waals surface area contributed by atoms with E-state index >= 15 is 0 Å². The van der Waals surface area contributed by atoms with Crippen LogP contribution in [0.3, 0.4) is 0 Å². The van der Waals surface area contributed by atoms with Crippen molar-refractivity contribution < 1.29 is 9.18 Å². The molecule has 1 amide bonds. The van der Waals surface area contributed by atoms with Gasteiger partial charge in [-0.3, -0.25) is 14.5 Å². The van der Waals surface area contributed by atoms with Gasteiger partial charge in [0.25, 0.3) is 11.5 Å². The number of benzene rings is 1. The van der Waals surface area contributed by atoms with Gasteiger partial charge in [0, 0.05) is 39.3 Å². The summed E-state index contributed by atoms with van der Waals surface area (Å²) in [5.41, 5.74) is 2.70. The van der Waals surface area contributed by atoms with E-state index in [1.807, 2.05) is 6.07 Å². The highest BCUT2D eigenvalue weighted by atomic mass is 19.1. The van der Waals surface area contributed by atoms with E-state index in [9.17, 15) is 14.0 Å². The molecule has 0 aliphatic carbocycles. The molecule has 162 valence electrons. The van der Waals surface area contributed by atoms with Gasteiger partial charge in [-0.25, -0.2) is 14.4 Å². The van der Waals surface area contributed by atoms with E-state index in [-0.39, 0.29) is 28.7 Å². The topological polar surface area (TPSA) is 94.2 Å². The van der Waals surface area contributed by atoms with Gasteiger partial charge in [0.2, 0.25) is 0 Å². The molecule has 1 aromatic carbocycles. The minimum absolute atomic E-state index is 0.187. The number of pyridine rings is 1. The average molecular weight is 424 g/mol. The van der Waals surface area contributed by atoms with Crippen LogP contribution in [0.2, 0.25) is 0 Å². The number of carbonyl (C=O) groups excluding carboxylic acids is 1. The molecule has 3 aromatic rings. The van der Waals surface area contributed by atoms with Gasteiger partial charge in [-0.15, -0.1) is 0 Å². The van der Waals surface area contributed by atoms with Gasteiger partial charge < -0.3 is 15.2 Å². The zero-order valence-corrected chi connectivity index (χ0v) is 17.8.